The number of carbonyl (C=O) groups excluding carboxylic acids is 2. The Balaban J connectivity index is 2.00. The lowest BCUT2D eigenvalue weighted by Gasteiger charge is -2.21. The number of alkyl halides is 3. The second-order valence-corrected chi connectivity index (χ2v) is 6.70. The first-order valence-corrected chi connectivity index (χ1v) is 8.54. The maximum Gasteiger partial charge on any atom is 0.416 e. The Labute approximate surface area is 152 Å². The minimum atomic E-state index is -4.39. The fourth-order valence-electron chi connectivity index (χ4n) is 2.38. The van der Waals surface area contributed by atoms with Gasteiger partial charge in [-0.25, -0.2) is 4.79 Å². The molecule has 2 aromatic rings. The molecule has 1 heterocycles. The van der Waals surface area contributed by atoms with E-state index in [2.05, 4.69) is 5.32 Å². The first-order valence-electron chi connectivity index (χ1n) is 7.66. The fourth-order valence-corrected chi connectivity index (χ4v) is 3.15. The van der Waals surface area contributed by atoms with Gasteiger partial charge in [0.2, 0.25) is 5.91 Å². The number of primary amides is 1. The summed E-state index contributed by atoms with van der Waals surface area (Å²) < 4.78 is 37.8. The summed E-state index contributed by atoms with van der Waals surface area (Å²) in [7, 11) is 1.55. The summed E-state index contributed by atoms with van der Waals surface area (Å²) in [5.74, 6) is -0.267. The highest BCUT2D eigenvalue weighted by Gasteiger charge is 2.30. The number of thiophene rings is 1. The number of hydrogen-bond donors (Lipinski definition) is 2. The van der Waals surface area contributed by atoms with Crippen molar-refractivity contribution in [2.24, 2.45) is 5.73 Å². The molecule has 0 aliphatic rings. The summed E-state index contributed by atoms with van der Waals surface area (Å²) in [6.07, 6.45) is -4.39. The quantitative estimate of drug-likeness (QED) is 0.798. The van der Waals surface area contributed by atoms with E-state index in [-0.39, 0.29) is 18.9 Å². The Morgan fingerprint density at radius 1 is 1.23 bits per heavy atom. The maximum atomic E-state index is 12.6. The van der Waals surface area contributed by atoms with Crippen LogP contribution in [0.2, 0.25) is 0 Å². The third kappa shape index (κ3) is 5.48. The van der Waals surface area contributed by atoms with E-state index in [4.69, 9.17) is 5.73 Å². The molecule has 0 bridgehead atoms. The molecule has 5 nitrogen and oxygen atoms in total. The lowest BCUT2D eigenvalue weighted by molar-refractivity contribution is -0.137. The zero-order valence-corrected chi connectivity index (χ0v) is 14.7. The van der Waals surface area contributed by atoms with E-state index in [0.29, 0.717) is 5.56 Å². The molecule has 9 heteroatoms. The number of halogens is 3. The van der Waals surface area contributed by atoms with Gasteiger partial charge in [-0.2, -0.15) is 13.2 Å². The summed E-state index contributed by atoms with van der Waals surface area (Å²) >= 11 is 1.39. The van der Waals surface area contributed by atoms with Gasteiger partial charge in [0.1, 0.15) is 0 Å². The average molecular weight is 385 g/mol. The van der Waals surface area contributed by atoms with Crippen LogP contribution in [0, 0.1) is 0 Å². The van der Waals surface area contributed by atoms with Crippen LogP contribution in [0.5, 0.6) is 0 Å². The van der Waals surface area contributed by atoms with Crippen LogP contribution in [0.4, 0.5) is 18.0 Å². The third-order valence-corrected chi connectivity index (χ3v) is 4.69. The summed E-state index contributed by atoms with van der Waals surface area (Å²) in [5.41, 5.74) is 5.00. The van der Waals surface area contributed by atoms with Gasteiger partial charge < -0.3 is 16.0 Å². The van der Waals surface area contributed by atoms with Crippen molar-refractivity contribution >= 4 is 23.3 Å². The molecule has 140 valence electrons. The number of carbonyl (C=O) groups is 2. The van der Waals surface area contributed by atoms with Crippen molar-refractivity contribution in [3.05, 3.63) is 57.8 Å². The molecule has 0 saturated heterocycles. The van der Waals surface area contributed by atoms with Crippen LogP contribution in [-0.2, 0) is 17.5 Å². The van der Waals surface area contributed by atoms with E-state index in [0.717, 1.165) is 17.0 Å². The number of nitrogens with zero attached hydrogens (tertiary/aromatic N) is 1. The molecule has 3 amide bonds. The van der Waals surface area contributed by atoms with Crippen molar-refractivity contribution in [2.75, 3.05) is 7.05 Å². The molecule has 0 aliphatic heterocycles. The van der Waals surface area contributed by atoms with E-state index in [1.807, 2.05) is 5.38 Å². The molecule has 0 unspecified atom stereocenters. The Kier molecular flexibility index (Phi) is 6.25. The second-order valence-electron chi connectivity index (χ2n) is 5.73. The van der Waals surface area contributed by atoms with E-state index in [9.17, 15) is 22.8 Å². The van der Waals surface area contributed by atoms with Gasteiger partial charge in [0.15, 0.2) is 0 Å². The Bertz CT molecular complexity index is 746. The van der Waals surface area contributed by atoms with E-state index >= 15 is 0 Å². The van der Waals surface area contributed by atoms with Gasteiger partial charge in [0, 0.05) is 18.5 Å². The van der Waals surface area contributed by atoms with Crippen LogP contribution in [0.25, 0.3) is 0 Å². The maximum absolute atomic E-state index is 12.6. The number of nitrogens with one attached hydrogen (secondary N) is 1. The van der Waals surface area contributed by atoms with Gasteiger partial charge in [-0.15, -0.1) is 11.3 Å². The van der Waals surface area contributed by atoms with Gasteiger partial charge in [0.05, 0.1) is 18.0 Å². The highest BCUT2D eigenvalue weighted by Crippen LogP contribution is 2.29. The van der Waals surface area contributed by atoms with Crippen molar-refractivity contribution in [3.63, 3.8) is 0 Å². The molecule has 0 aliphatic carbocycles. The van der Waals surface area contributed by atoms with E-state index < -0.39 is 23.8 Å². The van der Waals surface area contributed by atoms with Crippen LogP contribution >= 0.6 is 11.3 Å². The SMILES string of the molecule is CN(Cc1ccc(C(F)(F)F)cc1)C(=O)C[C@H](NC(N)=O)c1cccs1. The first-order chi connectivity index (χ1) is 12.2. The largest absolute Gasteiger partial charge is 0.416 e. The number of benzene rings is 1. The van der Waals surface area contributed by atoms with Crippen LogP contribution in [0.3, 0.4) is 0 Å². The molecule has 0 saturated carbocycles. The Morgan fingerprint density at radius 3 is 2.38 bits per heavy atom. The van der Waals surface area contributed by atoms with Crippen molar-refractivity contribution in [2.45, 2.75) is 25.2 Å². The predicted molar refractivity (Wildman–Crippen MR) is 92.3 cm³/mol. The Hall–Kier alpha value is -2.55. The average Bonchev–Trinajstić information content (AvgIpc) is 3.07. The second kappa shape index (κ2) is 8.22. The molecule has 1 atom stereocenters. The van der Waals surface area contributed by atoms with Gasteiger partial charge >= 0.3 is 12.2 Å². The standard InChI is InChI=1S/C17H18F3N3O2S/c1-23(10-11-4-6-12(7-5-11)17(18,19)20)15(24)9-13(22-16(21)25)14-3-2-8-26-14/h2-8,13H,9-10H2,1H3,(H3,21,22,25)/t13-/m0/s1. The molecule has 0 radical (unpaired) electrons. The smallest absolute Gasteiger partial charge is 0.352 e. The van der Waals surface area contributed by atoms with E-state index in [1.54, 1.807) is 19.2 Å². The fraction of sp³-hybridized carbons (Fsp3) is 0.294. The van der Waals surface area contributed by atoms with Crippen LogP contribution in [0.1, 0.15) is 28.5 Å². The summed E-state index contributed by atoms with van der Waals surface area (Å²) in [6, 6.07) is 6.95. The molecular formula is C17H18F3N3O2S. The number of urea groups is 1. The topological polar surface area (TPSA) is 75.4 Å². The Morgan fingerprint density at radius 2 is 1.88 bits per heavy atom. The molecule has 0 spiro atoms. The number of rotatable bonds is 6. The number of nitrogens with two attached hydrogens (primary N) is 1. The highest BCUT2D eigenvalue weighted by atomic mass is 32.1. The van der Waals surface area contributed by atoms with Crippen molar-refractivity contribution in [3.8, 4) is 0 Å². The van der Waals surface area contributed by atoms with Crippen molar-refractivity contribution in [1.29, 1.82) is 0 Å². The lowest BCUT2D eigenvalue weighted by Crippen LogP contribution is -2.36. The lowest BCUT2D eigenvalue weighted by atomic mass is 10.1. The normalized spacial score (nSPS) is 12.5. The van der Waals surface area contributed by atoms with Crippen LogP contribution < -0.4 is 11.1 Å². The molecule has 1 aromatic carbocycles. The number of hydrogen-bond acceptors (Lipinski definition) is 3. The molecule has 2 rings (SSSR count). The summed E-state index contributed by atoms with van der Waals surface area (Å²) in [4.78, 5) is 25.8. The molecule has 1 aromatic heterocycles. The van der Waals surface area contributed by atoms with E-state index in [1.165, 1.54) is 28.4 Å². The van der Waals surface area contributed by atoms with Crippen molar-refractivity contribution < 1.29 is 22.8 Å². The van der Waals surface area contributed by atoms with Gasteiger partial charge in [0.25, 0.3) is 0 Å². The highest BCUT2D eigenvalue weighted by molar-refractivity contribution is 7.10. The summed E-state index contributed by atoms with van der Waals surface area (Å²) in [6.45, 7) is 0.157. The van der Waals surface area contributed by atoms with Crippen molar-refractivity contribution in [1.82, 2.24) is 10.2 Å². The third-order valence-electron chi connectivity index (χ3n) is 3.71. The summed E-state index contributed by atoms with van der Waals surface area (Å²) in [5, 5.41) is 4.35. The van der Waals surface area contributed by atoms with Crippen LogP contribution in [-0.4, -0.2) is 23.9 Å². The molecule has 3 N–H and O–H groups in total. The first kappa shape index (κ1) is 19.8. The monoisotopic (exact) mass is 385 g/mol. The zero-order chi connectivity index (χ0) is 19.3. The predicted octanol–water partition coefficient (Wildman–Crippen LogP) is 3.53. The zero-order valence-electron chi connectivity index (χ0n) is 13.9. The number of amides is 3. The molecule has 0 fully saturated rings. The minimum absolute atomic E-state index is 0.000583. The van der Waals surface area contributed by atoms with Gasteiger partial charge in [-0.3, -0.25) is 4.79 Å². The van der Waals surface area contributed by atoms with Gasteiger partial charge in [-0.1, -0.05) is 18.2 Å². The molecule has 26 heavy (non-hydrogen) atoms. The van der Waals surface area contributed by atoms with Crippen LogP contribution in [0.15, 0.2) is 41.8 Å². The molecular weight excluding hydrogens is 367 g/mol. The minimum Gasteiger partial charge on any atom is -0.352 e. The van der Waals surface area contributed by atoms with Gasteiger partial charge in [-0.05, 0) is 29.1 Å².